The van der Waals surface area contributed by atoms with E-state index in [9.17, 15) is 13.2 Å². The van der Waals surface area contributed by atoms with Crippen molar-refractivity contribution in [3.05, 3.63) is 53.1 Å². The minimum atomic E-state index is -3.72. The highest BCUT2D eigenvalue weighted by Gasteiger charge is 2.21. The molecule has 0 radical (unpaired) electrons. The van der Waals surface area contributed by atoms with Gasteiger partial charge in [-0.2, -0.15) is 0 Å². The van der Waals surface area contributed by atoms with E-state index in [0.29, 0.717) is 11.6 Å². The lowest BCUT2D eigenvalue weighted by Gasteiger charge is -2.18. The van der Waals surface area contributed by atoms with Gasteiger partial charge in [-0.3, -0.25) is 4.79 Å². The van der Waals surface area contributed by atoms with Crippen molar-refractivity contribution in [2.75, 3.05) is 23.3 Å². The summed E-state index contributed by atoms with van der Waals surface area (Å²) in [6.45, 7) is 7.77. The van der Waals surface area contributed by atoms with Crippen molar-refractivity contribution < 1.29 is 13.2 Å². The van der Waals surface area contributed by atoms with Crippen molar-refractivity contribution in [1.29, 1.82) is 0 Å². The van der Waals surface area contributed by atoms with E-state index < -0.39 is 15.9 Å². The number of anilines is 2. The number of rotatable bonds is 6. The Balaban J connectivity index is 1.76. The van der Waals surface area contributed by atoms with Crippen LogP contribution in [0.4, 0.5) is 11.4 Å². The van der Waals surface area contributed by atoms with E-state index in [0.717, 1.165) is 18.8 Å². The van der Waals surface area contributed by atoms with Crippen molar-refractivity contribution >= 4 is 38.9 Å². The molecule has 0 bridgehead atoms. The second-order valence-corrected chi connectivity index (χ2v) is 9.88. The molecule has 0 spiro atoms. The summed E-state index contributed by atoms with van der Waals surface area (Å²) in [6, 6.07) is 11.5. The van der Waals surface area contributed by atoms with Crippen molar-refractivity contribution in [2.24, 2.45) is 5.92 Å². The summed E-state index contributed by atoms with van der Waals surface area (Å²) >= 11 is 6.16. The molecule has 0 aliphatic carbocycles. The van der Waals surface area contributed by atoms with Gasteiger partial charge in [0.1, 0.15) is 0 Å². The van der Waals surface area contributed by atoms with E-state index in [-0.39, 0.29) is 21.5 Å². The Bertz CT molecular complexity index is 991. The third-order valence-corrected chi connectivity index (χ3v) is 6.78. The van der Waals surface area contributed by atoms with Crippen LogP contribution in [-0.4, -0.2) is 33.5 Å². The molecule has 2 aromatic carbocycles. The minimum absolute atomic E-state index is 0.000693. The molecule has 1 aliphatic heterocycles. The first kappa shape index (κ1) is 21.6. The molecule has 29 heavy (non-hydrogen) atoms. The van der Waals surface area contributed by atoms with Gasteiger partial charge < -0.3 is 10.2 Å². The normalized spacial score (nSPS) is 17.0. The summed E-state index contributed by atoms with van der Waals surface area (Å²) in [5.41, 5.74) is 1.85. The fourth-order valence-corrected chi connectivity index (χ4v) is 4.83. The van der Waals surface area contributed by atoms with Crippen LogP contribution in [0.3, 0.4) is 0 Å². The van der Waals surface area contributed by atoms with E-state index in [1.165, 1.54) is 24.6 Å². The molecule has 2 aromatic rings. The summed E-state index contributed by atoms with van der Waals surface area (Å²) in [6.07, 6.45) is 1.18. The lowest BCUT2D eigenvalue weighted by atomic mass is 10.2. The van der Waals surface area contributed by atoms with E-state index in [1.54, 1.807) is 13.8 Å². The zero-order chi connectivity index (χ0) is 21.2. The first-order valence-corrected chi connectivity index (χ1v) is 11.5. The van der Waals surface area contributed by atoms with Crippen molar-refractivity contribution in [2.45, 2.75) is 38.1 Å². The number of halogens is 1. The number of carbonyl (C=O) groups excluding carboxylic acids is 1. The van der Waals surface area contributed by atoms with Crippen LogP contribution < -0.4 is 14.9 Å². The highest BCUT2D eigenvalue weighted by Crippen LogP contribution is 2.26. The van der Waals surface area contributed by atoms with Crippen LogP contribution in [0.1, 0.15) is 37.6 Å². The molecule has 0 aromatic heterocycles. The predicted molar refractivity (Wildman–Crippen MR) is 117 cm³/mol. The lowest BCUT2D eigenvalue weighted by molar-refractivity contribution is 0.102. The molecule has 1 aliphatic rings. The van der Waals surface area contributed by atoms with E-state index in [1.807, 2.05) is 24.3 Å². The van der Waals surface area contributed by atoms with Crippen molar-refractivity contribution in [3.8, 4) is 0 Å². The Morgan fingerprint density at radius 2 is 1.86 bits per heavy atom. The van der Waals surface area contributed by atoms with Gasteiger partial charge in [-0.1, -0.05) is 18.5 Å². The van der Waals surface area contributed by atoms with Gasteiger partial charge in [0.15, 0.2) is 0 Å². The summed E-state index contributed by atoms with van der Waals surface area (Å²) in [5, 5.41) is 2.98. The summed E-state index contributed by atoms with van der Waals surface area (Å²) in [7, 11) is -3.72. The second kappa shape index (κ2) is 8.73. The molecular weight excluding hydrogens is 410 g/mol. The molecule has 156 valence electrons. The van der Waals surface area contributed by atoms with Gasteiger partial charge in [-0.15, -0.1) is 0 Å². The molecule has 8 heteroatoms. The molecule has 1 saturated heterocycles. The van der Waals surface area contributed by atoms with Crippen LogP contribution in [0.15, 0.2) is 47.4 Å². The zero-order valence-corrected chi connectivity index (χ0v) is 18.3. The number of nitrogens with one attached hydrogen (secondary N) is 2. The Labute approximate surface area is 177 Å². The molecule has 1 atom stereocenters. The van der Waals surface area contributed by atoms with Gasteiger partial charge in [0.2, 0.25) is 10.0 Å². The van der Waals surface area contributed by atoms with Crippen molar-refractivity contribution in [3.63, 3.8) is 0 Å². The van der Waals surface area contributed by atoms with Gasteiger partial charge in [-0.05, 0) is 68.7 Å². The third-order valence-electron chi connectivity index (χ3n) is 4.80. The fourth-order valence-electron chi connectivity index (χ4n) is 3.35. The SMILES string of the molecule is CC1CCN(c2ccc(NC(=O)c3cc(S(=O)(=O)NC(C)C)ccc3Cl)cc2)C1. The molecule has 3 rings (SSSR count). The monoisotopic (exact) mass is 435 g/mol. The molecule has 1 fully saturated rings. The molecule has 1 amide bonds. The summed E-state index contributed by atoms with van der Waals surface area (Å²) < 4.78 is 27.3. The van der Waals surface area contributed by atoms with E-state index in [2.05, 4.69) is 21.9 Å². The standard InChI is InChI=1S/C21H26ClN3O3S/c1-14(2)24-29(27,28)18-8-9-20(22)19(12-18)21(26)23-16-4-6-17(7-5-16)25-11-10-15(3)13-25/h4-9,12,14-15,24H,10-11,13H2,1-3H3,(H,23,26). The largest absolute Gasteiger partial charge is 0.371 e. The summed E-state index contributed by atoms with van der Waals surface area (Å²) in [4.78, 5) is 15.0. The van der Waals surface area contributed by atoms with Gasteiger partial charge in [0.05, 0.1) is 15.5 Å². The number of benzene rings is 2. The van der Waals surface area contributed by atoms with Crippen LogP contribution >= 0.6 is 11.6 Å². The number of carbonyl (C=O) groups is 1. The van der Waals surface area contributed by atoms with E-state index in [4.69, 9.17) is 11.6 Å². The van der Waals surface area contributed by atoms with Gasteiger partial charge in [0, 0.05) is 30.5 Å². The predicted octanol–water partition coefficient (Wildman–Crippen LogP) is 4.13. The first-order valence-electron chi connectivity index (χ1n) is 9.64. The summed E-state index contributed by atoms with van der Waals surface area (Å²) in [5.74, 6) is 0.226. The second-order valence-electron chi connectivity index (χ2n) is 7.76. The average Bonchev–Trinajstić information content (AvgIpc) is 3.07. The molecule has 1 heterocycles. The Morgan fingerprint density at radius 3 is 2.45 bits per heavy atom. The number of sulfonamides is 1. The van der Waals surface area contributed by atoms with Gasteiger partial charge in [-0.25, -0.2) is 13.1 Å². The maximum atomic E-state index is 12.7. The smallest absolute Gasteiger partial charge is 0.257 e. The zero-order valence-electron chi connectivity index (χ0n) is 16.8. The van der Waals surface area contributed by atoms with Crippen LogP contribution in [0, 0.1) is 5.92 Å². The maximum Gasteiger partial charge on any atom is 0.257 e. The van der Waals surface area contributed by atoms with Crippen molar-refractivity contribution in [1.82, 2.24) is 4.72 Å². The first-order chi connectivity index (χ1) is 13.7. The minimum Gasteiger partial charge on any atom is -0.371 e. The maximum absolute atomic E-state index is 12.7. The van der Waals surface area contributed by atoms with Gasteiger partial charge in [0.25, 0.3) is 5.91 Å². The number of nitrogens with zero attached hydrogens (tertiary/aromatic N) is 1. The number of hydrogen-bond acceptors (Lipinski definition) is 4. The Hall–Kier alpha value is -2.09. The fraction of sp³-hybridized carbons (Fsp3) is 0.381. The Morgan fingerprint density at radius 1 is 1.17 bits per heavy atom. The number of amides is 1. The quantitative estimate of drug-likeness (QED) is 0.715. The van der Waals surface area contributed by atoms with Gasteiger partial charge >= 0.3 is 0 Å². The highest BCUT2D eigenvalue weighted by atomic mass is 35.5. The van der Waals surface area contributed by atoms with Crippen LogP contribution in [0.5, 0.6) is 0 Å². The molecular formula is C21H26ClN3O3S. The third kappa shape index (κ3) is 5.29. The van der Waals surface area contributed by atoms with Crippen LogP contribution in [0.25, 0.3) is 0 Å². The number of hydrogen-bond donors (Lipinski definition) is 2. The molecule has 6 nitrogen and oxygen atoms in total. The topological polar surface area (TPSA) is 78.5 Å². The van der Waals surface area contributed by atoms with Crippen LogP contribution in [-0.2, 0) is 10.0 Å². The van der Waals surface area contributed by atoms with E-state index >= 15 is 0 Å². The average molecular weight is 436 g/mol. The lowest BCUT2D eigenvalue weighted by Crippen LogP contribution is -2.30. The van der Waals surface area contributed by atoms with Crippen LogP contribution in [0.2, 0.25) is 5.02 Å². The highest BCUT2D eigenvalue weighted by molar-refractivity contribution is 7.89. The Kier molecular flexibility index (Phi) is 6.51. The molecule has 2 N–H and O–H groups in total. The molecule has 1 unspecified atom stereocenters. The molecule has 0 saturated carbocycles.